The Labute approximate surface area is 192 Å². The average molecular weight is 478 g/mol. The van der Waals surface area contributed by atoms with Gasteiger partial charge in [0.25, 0.3) is 11.6 Å². The van der Waals surface area contributed by atoms with Gasteiger partial charge in [0.05, 0.1) is 21.3 Å². The zero-order chi connectivity index (χ0) is 24.0. The van der Waals surface area contributed by atoms with Crippen LogP contribution >= 0.6 is 11.6 Å². The molecule has 0 radical (unpaired) electrons. The summed E-state index contributed by atoms with van der Waals surface area (Å²) in [5, 5.41) is 24.3. The molecule has 2 heterocycles. The number of ether oxygens (including phenoxy) is 1. The minimum absolute atomic E-state index is 0.0769. The summed E-state index contributed by atoms with van der Waals surface area (Å²) in [6.07, 6.45) is 0. The first-order valence-corrected chi connectivity index (χ1v) is 10.1. The van der Waals surface area contributed by atoms with Gasteiger partial charge in [-0.1, -0.05) is 16.8 Å². The monoisotopic (exact) mass is 477 g/mol. The van der Waals surface area contributed by atoms with Crippen LogP contribution in [0.1, 0.15) is 27.9 Å². The van der Waals surface area contributed by atoms with Gasteiger partial charge in [0.1, 0.15) is 12.3 Å². The molecule has 14 heteroatoms. The maximum absolute atomic E-state index is 12.1. The van der Waals surface area contributed by atoms with Crippen molar-refractivity contribution in [1.29, 1.82) is 0 Å². The summed E-state index contributed by atoms with van der Waals surface area (Å²) >= 11 is 6.11. The molecular formula is C19H20ClN7O6. The molecule has 0 fully saturated rings. The lowest BCUT2D eigenvalue weighted by molar-refractivity contribution is -0.384. The number of nitrogens with zero attached hydrogens (tertiary/aromatic N) is 5. The lowest BCUT2D eigenvalue weighted by Gasteiger charge is -2.07. The number of aryl methyl sites for hydroxylation is 1. The van der Waals surface area contributed by atoms with Gasteiger partial charge >= 0.3 is 11.8 Å². The first kappa shape index (κ1) is 23.7. The van der Waals surface area contributed by atoms with Crippen LogP contribution < -0.4 is 15.4 Å². The van der Waals surface area contributed by atoms with E-state index in [0.717, 1.165) is 5.69 Å². The molecule has 0 unspecified atom stereocenters. The Bertz CT molecular complexity index is 1160. The summed E-state index contributed by atoms with van der Waals surface area (Å²) < 4.78 is 11.8. The van der Waals surface area contributed by atoms with Gasteiger partial charge in [0.2, 0.25) is 0 Å². The van der Waals surface area contributed by atoms with Crippen LogP contribution in [0.3, 0.4) is 0 Å². The number of carbonyl (C=O) groups excluding carboxylic acids is 2. The second-order valence-corrected chi connectivity index (χ2v) is 7.18. The highest BCUT2D eigenvalue weighted by molar-refractivity contribution is 6.31. The normalized spacial score (nSPS) is 10.6. The molecule has 0 saturated carbocycles. The van der Waals surface area contributed by atoms with E-state index in [9.17, 15) is 19.7 Å². The summed E-state index contributed by atoms with van der Waals surface area (Å²) in [5.41, 5.74) is 1.35. The van der Waals surface area contributed by atoms with Crippen LogP contribution in [0.4, 0.5) is 5.69 Å². The number of nitrogens with one attached hydrogen (secondary N) is 2. The van der Waals surface area contributed by atoms with Gasteiger partial charge in [-0.3, -0.25) is 24.4 Å². The molecule has 0 bridgehead atoms. The van der Waals surface area contributed by atoms with Crippen molar-refractivity contribution in [3.05, 3.63) is 62.5 Å². The van der Waals surface area contributed by atoms with Gasteiger partial charge < -0.3 is 19.9 Å². The second kappa shape index (κ2) is 10.5. The van der Waals surface area contributed by atoms with Crippen molar-refractivity contribution >= 4 is 29.1 Å². The Morgan fingerprint density at radius 2 is 1.91 bits per heavy atom. The third-order valence-electron chi connectivity index (χ3n) is 4.40. The van der Waals surface area contributed by atoms with Crippen molar-refractivity contribution < 1.29 is 23.8 Å². The first-order valence-electron chi connectivity index (χ1n) is 9.69. The average Bonchev–Trinajstić information content (AvgIpc) is 3.36. The van der Waals surface area contributed by atoms with Gasteiger partial charge in [-0.05, 0) is 26.0 Å². The molecule has 174 valence electrons. The number of carbonyl (C=O) groups is 2. The van der Waals surface area contributed by atoms with Crippen molar-refractivity contribution in [3.8, 4) is 5.75 Å². The van der Waals surface area contributed by atoms with E-state index in [0.29, 0.717) is 16.5 Å². The van der Waals surface area contributed by atoms with E-state index in [4.69, 9.17) is 20.9 Å². The number of non-ortho nitro benzene ring substituents is 1. The highest BCUT2D eigenvalue weighted by Gasteiger charge is 2.17. The fourth-order valence-electron chi connectivity index (χ4n) is 2.69. The topological polar surface area (TPSA) is 167 Å². The van der Waals surface area contributed by atoms with Crippen LogP contribution in [0.25, 0.3) is 0 Å². The molecule has 2 amide bonds. The van der Waals surface area contributed by atoms with Gasteiger partial charge in [-0.15, -0.1) is 0 Å². The number of hydrogen-bond acceptors (Lipinski definition) is 9. The third-order valence-corrected chi connectivity index (χ3v) is 4.94. The van der Waals surface area contributed by atoms with E-state index >= 15 is 0 Å². The number of halogens is 1. The van der Waals surface area contributed by atoms with E-state index in [1.807, 2.05) is 0 Å². The summed E-state index contributed by atoms with van der Waals surface area (Å²) in [5.74, 6) is -0.647. The first-order chi connectivity index (χ1) is 15.7. The molecule has 0 aliphatic rings. The predicted molar refractivity (Wildman–Crippen MR) is 114 cm³/mol. The highest BCUT2D eigenvalue weighted by Crippen LogP contribution is 2.19. The maximum atomic E-state index is 12.1. The van der Waals surface area contributed by atoms with Gasteiger partial charge in [0.15, 0.2) is 12.4 Å². The second-order valence-electron chi connectivity index (χ2n) is 6.80. The lowest BCUT2D eigenvalue weighted by atomic mass is 10.3. The molecule has 1 aromatic carbocycles. The molecule has 0 aliphatic heterocycles. The van der Waals surface area contributed by atoms with E-state index in [1.54, 1.807) is 18.5 Å². The fraction of sp³-hybridized carbons (Fsp3) is 0.316. The summed E-state index contributed by atoms with van der Waals surface area (Å²) in [4.78, 5) is 38.1. The molecule has 33 heavy (non-hydrogen) atoms. The SMILES string of the molecule is Cc1nn(Cc2noc(C(=O)NCCNC(=O)COc3ccc([N+](=O)[O-])cc3)n2)c(C)c1Cl. The van der Waals surface area contributed by atoms with Crippen LogP contribution in [0.15, 0.2) is 28.8 Å². The zero-order valence-corrected chi connectivity index (χ0v) is 18.5. The molecule has 2 aromatic heterocycles. The van der Waals surface area contributed by atoms with Crippen LogP contribution in [-0.2, 0) is 11.3 Å². The van der Waals surface area contributed by atoms with Gasteiger partial charge in [-0.2, -0.15) is 10.1 Å². The molecule has 0 aliphatic carbocycles. The largest absolute Gasteiger partial charge is 0.484 e. The van der Waals surface area contributed by atoms with Crippen molar-refractivity contribution in [2.75, 3.05) is 19.7 Å². The number of benzene rings is 1. The Hall–Kier alpha value is -4.00. The number of hydrogen-bond donors (Lipinski definition) is 2. The lowest BCUT2D eigenvalue weighted by Crippen LogP contribution is -2.36. The van der Waals surface area contributed by atoms with E-state index < -0.39 is 16.7 Å². The zero-order valence-electron chi connectivity index (χ0n) is 17.7. The molecule has 3 rings (SSSR count). The van der Waals surface area contributed by atoms with Crippen molar-refractivity contribution in [2.24, 2.45) is 0 Å². The van der Waals surface area contributed by atoms with Crippen LogP contribution in [0.2, 0.25) is 5.02 Å². The Morgan fingerprint density at radius 1 is 1.21 bits per heavy atom. The van der Waals surface area contributed by atoms with Crippen molar-refractivity contribution in [1.82, 2.24) is 30.6 Å². The fourth-order valence-corrected chi connectivity index (χ4v) is 2.83. The number of aromatic nitrogens is 4. The summed E-state index contributed by atoms with van der Waals surface area (Å²) in [6.45, 7) is 3.76. The predicted octanol–water partition coefficient (Wildman–Crippen LogP) is 1.42. The van der Waals surface area contributed by atoms with Crippen LogP contribution in [0, 0.1) is 24.0 Å². The molecule has 3 aromatic rings. The number of nitro benzene ring substituents is 1. The van der Waals surface area contributed by atoms with Gasteiger partial charge in [-0.25, -0.2) is 0 Å². The van der Waals surface area contributed by atoms with Crippen LogP contribution in [0.5, 0.6) is 5.75 Å². The van der Waals surface area contributed by atoms with Crippen molar-refractivity contribution in [3.63, 3.8) is 0 Å². The standard InChI is InChI=1S/C19H20ClN7O6/c1-11-17(20)12(2)26(24-11)9-15-23-19(33-25-15)18(29)22-8-7-21-16(28)10-32-14-5-3-13(4-6-14)27(30)31/h3-6H,7-10H2,1-2H3,(H,21,28)(H,22,29). The summed E-state index contributed by atoms with van der Waals surface area (Å²) in [7, 11) is 0. The Morgan fingerprint density at radius 3 is 2.55 bits per heavy atom. The number of amides is 2. The van der Waals surface area contributed by atoms with Gasteiger partial charge in [0, 0.05) is 25.2 Å². The van der Waals surface area contributed by atoms with E-state index in [-0.39, 0.29) is 43.6 Å². The highest BCUT2D eigenvalue weighted by atomic mass is 35.5. The number of nitro groups is 1. The maximum Gasteiger partial charge on any atom is 0.316 e. The quantitative estimate of drug-likeness (QED) is 0.249. The minimum atomic E-state index is -0.587. The summed E-state index contributed by atoms with van der Waals surface area (Å²) in [6, 6.07) is 5.34. The Kier molecular flexibility index (Phi) is 7.56. The number of rotatable bonds is 10. The Balaban J connectivity index is 1.37. The molecule has 0 spiro atoms. The molecule has 0 atom stereocenters. The molecule has 2 N–H and O–H groups in total. The van der Waals surface area contributed by atoms with Crippen molar-refractivity contribution in [2.45, 2.75) is 20.4 Å². The third kappa shape index (κ3) is 6.26. The molecular weight excluding hydrogens is 458 g/mol. The molecule has 0 saturated heterocycles. The van der Waals surface area contributed by atoms with E-state index in [2.05, 4.69) is 25.9 Å². The minimum Gasteiger partial charge on any atom is -0.484 e. The molecule has 13 nitrogen and oxygen atoms in total. The smallest absolute Gasteiger partial charge is 0.316 e. The van der Waals surface area contributed by atoms with Crippen LogP contribution in [-0.4, -0.2) is 56.4 Å². The van der Waals surface area contributed by atoms with E-state index in [1.165, 1.54) is 24.3 Å².